The van der Waals surface area contributed by atoms with Gasteiger partial charge in [0.1, 0.15) is 0 Å². The number of likely N-dealkylation sites (tertiary alicyclic amines) is 1. The maximum absolute atomic E-state index is 13.1. The molecule has 1 fully saturated rings. The highest BCUT2D eigenvalue weighted by Crippen LogP contribution is 2.34. The van der Waals surface area contributed by atoms with Crippen LogP contribution in [0.4, 0.5) is 8.78 Å². The maximum Gasteiger partial charge on any atom is 0.264 e. The smallest absolute Gasteiger partial charge is 0.264 e. The molecule has 0 spiro atoms. The zero-order valence-electron chi connectivity index (χ0n) is 7.39. The van der Waals surface area contributed by atoms with Crippen molar-refractivity contribution in [2.24, 2.45) is 11.7 Å². The zero-order valence-corrected chi connectivity index (χ0v) is 7.39. The van der Waals surface area contributed by atoms with Gasteiger partial charge in [-0.3, -0.25) is 0 Å². The first kappa shape index (κ1) is 9.86. The van der Waals surface area contributed by atoms with Gasteiger partial charge in [-0.25, -0.2) is 8.78 Å². The van der Waals surface area contributed by atoms with Crippen molar-refractivity contribution >= 4 is 0 Å². The summed E-state index contributed by atoms with van der Waals surface area (Å²) in [6.45, 7) is 0.922. The number of nitrogens with zero attached hydrogens (tertiary/aromatic N) is 1. The molecule has 2 N–H and O–H groups in total. The van der Waals surface area contributed by atoms with Crippen molar-refractivity contribution in [2.45, 2.75) is 18.8 Å². The van der Waals surface area contributed by atoms with E-state index >= 15 is 0 Å². The molecule has 0 saturated carbocycles. The van der Waals surface area contributed by atoms with Crippen LogP contribution < -0.4 is 5.73 Å². The third-order valence-electron chi connectivity index (χ3n) is 2.37. The van der Waals surface area contributed by atoms with E-state index in [-0.39, 0.29) is 6.54 Å². The Morgan fingerprint density at radius 1 is 1.58 bits per heavy atom. The van der Waals surface area contributed by atoms with Gasteiger partial charge in [0.05, 0.1) is 6.54 Å². The van der Waals surface area contributed by atoms with Crippen LogP contribution >= 0.6 is 0 Å². The lowest BCUT2D eigenvalue weighted by atomic mass is 9.99. The summed E-state index contributed by atoms with van der Waals surface area (Å²) in [5, 5.41) is 0. The number of rotatable bonds is 3. The van der Waals surface area contributed by atoms with Gasteiger partial charge in [-0.1, -0.05) is 0 Å². The Bertz CT molecular complexity index is 150. The fourth-order valence-corrected chi connectivity index (χ4v) is 1.73. The molecule has 0 bridgehead atoms. The summed E-state index contributed by atoms with van der Waals surface area (Å²) >= 11 is 0. The fraction of sp³-hybridized carbons (Fsp3) is 1.00. The van der Waals surface area contributed by atoms with Crippen molar-refractivity contribution in [1.82, 2.24) is 4.90 Å². The molecule has 1 atom stereocenters. The summed E-state index contributed by atoms with van der Waals surface area (Å²) in [4.78, 5) is 1.68. The van der Waals surface area contributed by atoms with Gasteiger partial charge in [-0.05, 0) is 26.4 Å². The zero-order chi connectivity index (χ0) is 9.19. The van der Waals surface area contributed by atoms with E-state index < -0.39 is 11.8 Å². The molecule has 1 rings (SSSR count). The summed E-state index contributed by atoms with van der Waals surface area (Å²) in [5.41, 5.74) is 5.27. The van der Waals surface area contributed by atoms with Gasteiger partial charge in [-0.15, -0.1) is 0 Å². The predicted molar refractivity (Wildman–Crippen MR) is 44.2 cm³/mol. The quantitative estimate of drug-likeness (QED) is 0.696. The highest BCUT2D eigenvalue weighted by atomic mass is 19.3. The van der Waals surface area contributed by atoms with Crippen molar-refractivity contribution in [1.29, 1.82) is 0 Å². The molecule has 0 aromatic heterocycles. The van der Waals surface area contributed by atoms with Crippen molar-refractivity contribution < 1.29 is 8.78 Å². The van der Waals surface area contributed by atoms with Gasteiger partial charge in [-0.2, -0.15) is 0 Å². The monoisotopic (exact) mass is 178 g/mol. The van der Waals surface area contributed by atoms with Crippen LogP contribution in [0.1, 0.15) is 12.8 Å². The van der Waals surface area contributed by atoms with Crippen LogP contribution in [0, 0.1) is 5.92 Å². The molecule has 0 aromatic carbocycles. The largest absolute Gasteiger partial charge is 0.330 e. The number of hydrogen-bond donors (Lipinski definition) is 1. The van der Waals surface area contributed by atoms with Gasteiger partial charge < -0.3 is 10.6 Å². The molecule has 1 heterocycles. The summed E-state index contributed by atoms with van der Waals surface area (Å²) in [5.74, 6) is -2.98. The van der Waals surface area contributed by atoms with Crippen molar-refractivity contribution in [3.63, 3.8) is 0 Å². The first-order valence-electron chi connectivity index (χ1n) is 4.32. The van der Waals surface area contributed by atoms with Crippen molar-refractivity contribution in [2.75, 3.05) is 26.7 Å². The molecule has 1 saturated heterocycles. The molecule has 12 heavy (non-hydrogen) atoms. The third kappa shape index (κ3) is 2.14. The van der Waals surface area contributed by atoms with Gasteiger partial charge in [0.2, 0.25) is 0 Å². The molecule has 72 valence electrons. The molecular formula is C8H16F2N2. The lowest BCUT2D eigenvalue weighted by molar-refractivity contribution is -0.0286. The van der Waals surface area contributed by atoms with Crippen molar-refractivity contribution in [3.05, 3.63) is 0 Å². The van der Waals surface area contributed by atoms with Crippen LogP contribution in [0.5, 0.6) is 0 Å². The van der Waals surface area contributed by atoms with Gasteiger partial charge in [0, 0.05) is 12.5 Å². The van der Waals surface area contributed by atoms with Gasteiger partial charge in [0.25, 0.3) is 5.92 Å². The standard InChI is InChI=1S/C8H16F2N2/c1-12-5-7(3-2-4-11)8(9,10)6-12/h7H,2-6,11H2,1H3. The Morgan fingerprint density at radius 2 is 2.25 bits per heavy atom. The number of halogens is 2. The van der Waals surface area contributed by atoms with E-state index in [0.29, 0.717) is 25.9 Å². The first-order valence-corrected chi connectivity index (χ1v) is 4.32. The minimum absolute atomic E-state index is 0.0950. The molecule has 1 aliphatic heterocycles. The van der Waals surface area contributed by atoms with E-state index in [2.05, 4.69) is 0 Å². The summed E-state index contributed by atoms with van der Waals surface area (Å²) in [7, 11) is 1.73. The van der Waals surface area contributed by atoms with Crippen LogP contribution in [0.2, 0.25) is 0 Å². The van der Waals surface area contributed by atoms with E-state index in [0.717, 1.165) is 0 Å². The van der Waals surface area contributed by atoms with Gasteiger partial charge in [0.15, 0.2) is 0 Å². The van der Waals surface area contributed by atoms with E-state index in [4.69, 9.17) is 5.73 Å². The van der Waals surface area contributed by atoms with E-state index in [1.54, 1.807) is 11.9 Å². The number of nitrogens with two attached hydrogens (primary N) is 1. The van der Waals surface area contributed by atoms with Crippen LogP contribution in [0.25, 0.3) is 0 Å². The summed E-state index contributed by atoms with van der Waals surface area (Å²) < 4.78 is 26.2. The SMILES string of the molecule is CN1CC(CCCN)C(F)(F)C1. The second kappa shape index (κ2) is 3.66. The molecule has 0 radical (unpaired) electrons. The normalized spacial score (nSPS) is 29.5. The summed E-state index contributed by atoms with van der Waals surface area (Å²) in [6.07, 6.45) is 1.25. The molecule has 0 aromatic rings. The lowest BCUT2D eigenvalue weighted by Crippen LogP contribution is -2.27. The van der Waals surface area contributed by atoms with Crippen LogP contribution in [0.3, 0.4) is 0 Å². The molecule has 1 unspecified atom stereocenters. The Kier molecular flexibility index (Phi) is 3.01. The topological polar surface area (TPSA) is 29.3 Å². The highest BCUT2D eigenvalue weighted by molar-refractivity contribution is 4.88. The molecule has 4 heteroatoms. The fourth-order valence-electron chi connectivity index (χ4n) is 1.73. The van der Waals surface area contributed by atoms with Gasteiger partial charge >= 0.3 is 0 Å². The first-order chi connectivity index (χ1) is 5.56. The van der Waals surface area contributed by atoms with E-state index in [1.165, 1.54) is 0 Å². The molecular weight excluding hydrogens is 162 g/mol. The Hall–Kier alpha value is -0.220. The minimum Gasteiger partial charge on any atom is -0.330 e. The average molecular weight is 178 g/mol. The maximum atomic E-state index is 13.1. The molecule has 0 amide bonds. The Balaban J connectivity index is 2.42. The predicted octanol–water partition coefficient (Wildman–Crippen LogP) is 0.922. The van der Waals surface area contributed by atoms with Crippen LogP contribution in [0.15, 0.2) is 0 Å². The molecule has 1 aliphatic rings. The lowest BCUT2D eigenvalue weighted by Gasteiger charge is -2.16. The van der Waals surface area contributed by atoms with E-state index in [1.807, 2.05) is 0 Å². The third-order valence-corrected chi connectivity index (χ3v) is 2.37. The Labute approximate surface area is 71.7 Å². The highest BCUT2D eigenvalue weighted by Gasteiger charge is 2.45. The number of hydrogen-bond acceptors (Lipinski definition) is 2. The van der Waals surface area contributed by atoms with E-state index in [9.17, 15) is 8.78 Å². The number of alkyl halides is 2. The van der Waals surface area contributed by atoms with Crippen LogP contribution in [-0.4, -0.2) is 37.5 Å². The second-order valence-corrected chi connectivity index (χ2v) is 3.59. The Morgan fingerprint density at radius 3 is 2.67 bits per heavy atom. The summed E-state index contributed by atoms with van der Waals surface area (Å²) in [6, 6.07) is 0. The van der Waals surface area contributed by atoms with Crippen molar-refractivity contribution in [3.8, 4) is 0 Å². The second-order valence-electron chi connectivity index (χ2n) is 3.59. The average Bonchev–Trinajstić information content (AvgIpc) is 2.20. The molecule has 2 nitrogen and oxygen atoms in total. The van der Waals surface area contributed by atoms with Crippen LogP contribution in [-0.2, 0) is 0 Å². The minimum atomic E-state index is -2.50. The molecule has 0 aliphatic carbocycles.